The van der Waals surface area contributed by atoms with E-state index in [0.29, 0.717) is 4.59 Å². The maximum atomic E-state index is 11.5. The van der Waals surface area contributed by atoms with Crippen molar-refractivity contribution in [2.45, 2.75) is 33.7 Å². The van der Waals surface area contributed by atoms with Gasteiger partial charge in [-0.15, -0.1) is 4.59 Å². The number of nitrogens with one attached hydrogen (secondary N) is 1. The van der Waals surface area contributed by atoms with Gasteiger partial charge in [0.1, 0.15) is 13.0 Å². The Bertz CT molecular complexity index is 527. The number of methoxy groups -OCH3 is 1. The Hall–Kier alpha value is -1.68. The van der Waals surface area contributed by atoms with Crippen LogP contribution in [0.15, 0.2) is 12.1 Å². The summed E-state index contributed by atoms with van der Waals surface area (Å²) in [5, 5.41) is 0. The normalized spacial score (nSPS) is 25.2. The van der Waals surface area contributed by atoms with Crippen LogP contribution in [-0.2, 0) is 4.79 Å². The largest absolute Gasteiger partial charge is 0.485 e. The predicted molar refractivity (Wildman–Crippen MR) is 76.7 cm³/mol. The Kier molecular flexibility index (Phi) is 3.22. The molecule has 4 nitrogen and oxygen atoms in total. The van der Waals surface area contributed by atoms with E-state index < -0.39 is 0 Å². The maximum absolute atomic E-state index is 11.5. The number of benzene rings is 1. The van der Waals surface area contributed by atoms with Gasteiger partial charge < -0.3 is 4.74 Å². The summed E-state index contributed by atoms with van der Waals surface area (Å²) < 4.78 is 5.81. The smallest absolute Gasteiger partial charge is 0.266 e. The first-order valence-corrected chi connectivity index (χ1v) is 6.49. The average Bonchev–Trinajstić information content (AvgIpc) is 2.50. The van der Waals surface area contributed by atoms with Crippen molar-refractivity contribution in [2.24, 2.45) is 0 Å². The van der Waals surface area contributed by atoms with Crippen LogP contribution >= 0.6 is 0 Å². The highest BCUT2D eigenvalue weighted by atomic mass is 16.5. The molecule has 1 aliphatic rings. The summed E-state index contributed by atoms with van der Waals surface area (Å²) in [7, 11) is 3.72. The lowest BCUT2D eigenvalue weighted by molar-refractivity contribution is -0.123. The minimum atomic E-state index is -0.0246. The molecule has 2 rings (SSSR count). The Balaban J connectivity index is 2.60. The summed E-state index contributed by atoms with van der Waals surface area (Å²) in [6.07, 6.45) is 0. The van der Waals surface area contributed by atoms with Crippen LogP contribution in [-0.4, -0.2) is 26.1 Å². The zero-order valence-electron chi connectivity index (χ0n) is 12.5. The van der Waals surface area contributed by atoms with Gasteiger partial charge in [0, 0.05) is 26.3 Å². The minimum Gasteiger partial charge on any atom is -0.485 e. The first-order chi connectivity index (χ1) is 8.81. The van der Waals surface area contributed by atoms with Gasteiger partial charge in [-0.05, 0) is 6.92 Å². The molecule has 2 unspecified atom stereocenters. The lowest BCUT2D eigenvalue weighted by Gasteiger charge is -2.29. The molecular weight excluding hydrogens is 240 g/mol. The number of rotatable bonds is 2. The fourth-order valence-electron chi connectivity index (χ4n) is 2.90. The van der Waals surface area contributed by atoms with Crippen molar-refractivity contribution in [2.75, 3.05) is 14.2 Å². The van der Waals surface area contributed by atoms with E-state index in [1.54, 1.807) is 14.0 Å². The van der Waals surface area contributed by atoms with Gasteiger partial charge in [0.2, 0.25) is 5.56 Å². The van der Waals surface area contributed by atoms with E-state index in [0.717, 1.165) is 17.0 Å². The van der Waals surface area contributed by atoms with E-state index in [4.69, 9.17) is 4.74 Å². The monoisotopic (exact) mass is 262 g/mol. The highest BCUT2D eigenvalue weighted by Crippen LogP contribution is 2.45. The van der Waals surface area contributed by atoms with Gasteiger partial charge in [-0.25, -0.2) is 0 Å². The average molecular weight is 262 g/mol. The van der Waals surface area contributed by atoms with Gasteiger partial charge in [0.05, 0.1) is 19.2 Å². The van der Waals surface area contributed by atoms with E-state index in [-0.39, 0.29) is 11.9 Å². The van der Waals surface area contributed by atoms with Crippen molar-refractivity contribution in [3.63, 3.8) is 0 Å². The zero-order valence-corrected chi connectivity index (χ0v) is 12.5. The van der Waals surface area contributed by atoms with Crippen LogP contribution in [0.1, 0.15) is 31.9 Å². The molecule has 0 spiro atoms. The third-order valence-electron chi connectivity index (χ3n) is 4.23. The SMILES string of the molecule is COc1cc2c(cc1C)[N+](C)(NC(C)=O)C(C)[C+]2C. The number of nitrogens with zero attached hydrogens (tertiary/aromatic N) is 1. The van der Waals surface area contributed by atoms with Crippen LogP contribution in [0, 0.1) is 12.8 Å². The molecule has 1 aromatic carbocycles. The van der Waals surface area contributed by atoms with E-state index in [1.165, 1.54) is 11.5 Å². The second-order valence-corrected chi connectivity index (χ2v) is 5.44. The van der Waals surface area contributed by atoms with Gasteiger partial charge in [-0.3, -0.25) is 4.79 Å². The highest BCUT2D eigenvalue weighted by molar-refractivity contribution is 5.77. The number of ether oxygens (including phenoxy) is 1. The highest BCUT2D eigenvalue weighted by Gasteiger charge is 2.55. The van der Waals surface area contributed by atoms with Gasteiger partial charge >= 0.3 is 0 Å². The number of fused-ring (bicyclic) bond motifs is 1. The summed E-state index contributed by atoms with van der Waals surface area (Å²) in [5.41, 5.74) is 6.43. The number of quaternary nitrogens is 1. The molecule has 0 fully saturated rings. The third kappa shape index (κ3) is 1.96. The molecule has 19 heavy (non-hydrogen) atoms. The van der Waals surface area contributed by atoms with Crippen LogP contribution < -0.4 is 14.8 Å². The number of likely N-dealkylation sites (N-methyl/N-ethyl adjacent to an activating group) is 1. The molecule has 2 atom stereocenters. The molecule has 1 aliphatic heterocycles. The Morgan fingerprint density at radius 3 is 2.63 bits per heavy atom. The van der Waals surface area contributed by atoms with Crippen molar-refractivity contribution >= 4 is 11.6 Å². The van der Waals surface area contributed by atoms with Crippen LogP contribution in [0.5, 0.6) is 5.75 Å². The van der Waals surface area contributed by atoms with Gasteiger partial charge in [0.15, 0.2) is 11.8 Å². The predicted octanol–water partition coefficient (Wildman–Crippen LogP) is 2.34. The summed E-state index contributed by atoms with van der Waals surface area (Å²) in [5.74, 6) is 2.13. The summed E-state index contributed by atoms with van der Waals surface area (Å²) in [6, 6.07) is 4.39. The van der Waals surface area contributed by atoms with E-state index in [1.807, 2.05) is 14.0 Å². The Morgan fingerprint density at radius 1 is 1.47 bits per heavy atom. The van der Waals surface area contributed by atoms with Crippen molar-refractivity contribution in [1.29, 1.82) is 0 Å². The molecule has 0 saturated carbocycles. The van der Waals surface area contributed by atoms with E-state index >= 15 is 0 Å². The number of carbonyl (C=O) groups is 1. The van der Waals surface area contributed by atoms with Crippen LogP contribution in [0.2, 0.25) is 0 Å². The standard InChI is InChI=1S/C15H21N2O2/c1-9-7-14-13(8-15(9)19-6)10(2)11(3)17(14,5)16-12(4)18/h7-8,11H,1-6H3/q+1/p+1. The first kappa shape index (κ1) is 13.7. The van der Waals surface area contributed by atoms with Gasteiger partial charge in [0.25, 0.3) is 11.6 Å². The van der Waals surface area contributed by atoms with Crippen molar-refractivity contribution in [3.05, 3.63) is 29.2 Å². The van der Waals surface area contributed by atoms with Gasteiger partial charge in [-0.2, -0.15) is 5.43 Å². The maximum Gasteiger partial charge on any atom is 0.266 e. The number of carbonyl (C=O) groups excluding carboxylic acids is 1. The quantitative estimate of drug-likeness (QED) is 0.656. The third-order valence-corrected chi connectivity index (χ3v) is 4.23. The van der Waals surface area contributed by atoms with E-state index in [9.17, 15) is 4.79 Å². The Morgan fingerprint density at radius 2 is 2.11 bits per heavy atom. The van der Waals surface area contributed by atoms with Crippen LogP contribution in [0.4, 0.5) is 5.69 Å². The fourth-order valence-corrected chi connectivity index (χ4v) is 2.90. The number of hydrogen-bond acceptors (Lipinski definition) is 2. The molecule has 102 valence electrons. The molecule has 0 aliphatic carbocycles. The summed E-state index contributed by atoms with van der Waals surface area (Å²) in [4.78, 5) is 11.5. The molecule has 1 N–H and O–H groups in total. The molecule has 0 aromatic heterocycles. The Labute approximate surface area is 114 Å². The van der Waals surface area contributed by atoms with Crippen molar-refractivity contribution < 1.29 is 9.53 Å². The van der Waals surface area contributed by atoms with Crippen LogP contribution in [0.25, 0.3) is 0 Å². The van der Waals surface area contributed by atoms with Crippen LogP contribution in [0.3, 0.4) is 0 Å². The molecule has 1 heterocycles. The molecule has 0 saturated heterocycles. The lowest BCUT2D eigenvalue weighted by Crippen LogP contribution is -2.61. The molecule has 1 aromatic rings. The fraction of sp³-hybridized carbons (Fsp3) is 0.467. The second kappa shape index (κ2) is 4.46. The number of hydrogen-bond donors (Lipinski definition) is 1. The topological polar surface area (TPSA) is 38.3 Å². The molecule has 0 radical (unpaired) electrons. The molecular formula is C15H22N2O2+2. The van der Waals surface area contributed by atoms with Gasteiger partial charge in [-0.1, -0.05) is 0 Å². The molecule has 0 bridgehead atoms. The summed E-state index contributed by atoms with van der Waals surface area (Å²) in [6.45, 7) is 7.83. The van der Waals surface area contributed by atoms with Crippen molar-refractivity contribution in [1.82, 2.24) is 10.0 Å². The molecule has 4 heteroatoms. The zero-order chi connectivity index (χ0) is 14.4. The number of amides is 1. The summed E-state index contributed by atoms with van der Waals surface area (Å²) >= 11 is 0. The number of aryl methyl sites for hydroxylation is 1. The van der Waals surface area contributed by atoms with Crippen molar-refractivity contribution in [3.8, 4) is 5.75 Å². The first-order valence-electron chi connectivity index (χ1n) is 6.49. The minimum absolute atomic E-state index is 0.0246. The molecule has 1 amide bonds. The lowest BCUT2D eigenvalue weighted by atomic mass is 9.97. The van der Waals surface area contributed by atoms with E-state index in [2.05, 4.69) is 31.4 Å². The second-order valence-electron chi connectivity index (χ2n) is 5.44.